The van der Waals surface area contributed by atoms with Crippen LogP contribution in [0.2, 0.25) is 0 Å². The predicted molar refractivity (Wildman–Crippen MR) is 67.1 cm³/mol. The highest BCUT2D eigenvalue weighted by Gasteiger charge is 2.02. The van der Waals surface area contributed by atoms with E-state index < -0.39 is 0 Å². The Hall–Kier alpha value is -2.68. The van der Waals surface area contributed by atoms with Gasteiger partial charge >= 0.3 is 0 Å². The Labute approximate surface area is 109 Å². The molecule has 0 radical (unpaired) electrons. The van der Waals surface area contributed by atoms with Crippen molar-refractivity contribution in [2.45, 2.75) is 0 Å². The van der Waals surface area contributed by atoms with Gasteiger partial charge in [-0.15, -0.1) is 0 Å². The van der Waals surface area contributed by atoms with Crippen LogP contribution in [0.3, 0.4) is 0 Å². The molecule has 19 heavy (non-hydrogen) atoms. The molecule has 0 unspecified atom stereocenters. The summed E-state index contributed by atoms with van der Waals surface area (Å²) in [6.45, 7) is 0.759. The monoisotopic (exact) mass is 258 g/mol. The second-order valence-electron chi connectivity index (χ2n) is 3.60. The molecule has 1 N–H and O–H groups in total. The molecule has 2 aromatic rings. The van der Waals surface area contributed by atoms with Gasteiger partial charge in [-0.25, -0.2) is 14.4 Å². The first-order valence-corrected chi connectivity index (χ1v) is 5.63. The van der Waals surface area contributed by atoms with Crippen molar-refractivity contribution in [1.29, 1.82) is 5.26 Å². The molecule has 0 bridgehead atoms. The summed E-state index contributed by atoms with van der Waals surface area (Å²) in [4.78, 5) is 7.87. The number of hydrogen-bond acceptors (Lipinski definition) is 5. The van der Waals surface area contributed by atoms with Crippen molar-refractivity contribution in [3.63, 3.8) is 0 Å². The smallest absolute Gasteiger partial charge is 0.182 e. The van der Waals surface area contributed by atoms with Crippen LogP contribution in [-0.4, -0.2) is 23.1 Å². The van der Waals surface area contributed by atoms with E-state index in [0.29, 0.717) is 24.7 Å². The average molecular weight is 258 g/mol. The topological polar surface area (TPSA) is 70.8 Å². The van der Waals surface area contributed by atoms with Gasteiger partial charge in [0.05, 0.1) is 6.54 Å². The summed E-state index contributed by atoms with van der Waals surface area (Å²) in [6.07, 6.45) is 2.95. The highest BCUT2D eigenvalue weighted by Crippen LogP contribution is 2.11. The van der Waals surface area contributed by atoms with Crippen LogP contribution in [0.15, 0.2) is 36.7 Å². The van der Waals surface area contributed by atoms with Crippen molar-refractivity contribution in [2.24, 2.45) is 0 Å². The van der Waals surface area contributed by atoms with Gasteiger partial charge in [0.1, 0.15) is 24.2 Å². The van der Waals surface area contributed by atoms with Crippen molar-refractivity contribution in [1.82, 2.24) is 9.97 Å². The number of benzene rings is 1. The largest absolute Gasteiger partial charge is 0.492 e. The average Bonchev–Trinajstić information content (AvgIpc) is 2.44. The molecule has 0 saturated heterocycles. The molecule has 0 aliphatic carbocycles. The van der Waals surface area contributed by atoms with E-state index in [1.165, 1.54) is 24.5 Å². The maximum absolute atomic E-state index is 12.9. The van der Waals surface area contributed by atoms with Gasteiger partial charge in [-0.3, -0.25) is 0 Å². The molecule has 2 rings (SSSR count). The van der Waals surface area contributed by atoms with Gasteiger partial charge < -0.3 is 10.1 Å². The second-order valence-corrected chi connectivity index (χ2v) is 3.60. The fourth-order valence-corrected chi connectivity index (χ4v) is 1.44. The fraction of sp³-hybridized carbons (Fsp3) is 0.154. The molecule has 6 heteroatoms. The summed E-state index contributed by atoms with van der Waals surface area (Å²) in [5, 5.41) is 11.8. The predicted octanol–water partition coefficient (Wildman–Crippen LogP) is 1.98. The van der Waals surface area contributed by atoms with Gasteiger partial charge in [0.25, 0.3) is 0 Å². The number of anilines is 1. The molecular weight excluding hydrogens is 247 g/mol. The molecular formula is C13H11FN4O. The van der Waals surface area contributed by atoms with Gasteiger partial charge in [-0.1, -0.05) is 6.07 Å². The minimum absolute atomic E-state index is 0.230. The van der Waals surface area contributed by atoms with Crippen LogP contribution in [0.1, 0.15) is 5.69 Å². The maximum Gasteiger partial charge on any atom is 0.182 e. The van der Waals surface area contributed by atoms with Crippen LogP contribution < -0.4 is 10.1 Å². The maximum atomic E-state index is 12.9. The van der Waals surface area contributed by atoms with E-state index in [1.54, 1.807) is 12.1 Å². The summed E-state index contributed by atoms with van der Waals surface area (Å²) >= 11 is 0. The number of rotatable bonds is 5. The first-order chi connectivity index (χ1) is 9.29. The Morgan fingerprint density at radius 2 is 2.16 bits per heavy atom. The number of nitrogens with one attached hydrogen (secondary N) is 1. The lowest BCUT2D eigenvalue weighted by molar-refractivity contribution is 0.331. The zero-order valence-electron chi connectivity index (χ0n) is 10.0. The molecule has 0 aliphatic rings. The summed E-state index contributed by atoms with van der Waals surface area (Å²) in [6, 6.07) is 7.85. The van der Waals surface area contributed by atoms with Gasteiger partial charge in [-0.05, 0) is 12.1 Å². The lowest BCUT2D eigenvalue weighted by atomic mass is 10.3. The molecule has 1 aromatic carbocycles. The zero-order valence-corrected chi connectivity index (χ0v) is 10.0. The lowest BCUT2D eigenvalue weighted by Crippen LogP contribution is -2.13. The summed E-state index contributed by atoms with van der Waals surface area (Å²) in [7, 11) is 0. The lowest BCUT2D eigenvalue weighted by Gasteiger charge is -2.08. The fourth-order valence-electron chi connectivity index (χ4n) is 1.44. The zero-order chi connectivity index (χ0) is 13.5. The van der Waals surface area contributed by atoms with Crippen LogP contribution in [0.5, 0.6) is 5.75 Å². The number of nitrogens with zero attached hydrogens (tertiary/aromatic N) is 3. The molecule has 1 aromatic heterocycles. The highest BCUT2D eigenvalue weighted by molar-refractivity contribution is 5.46. The van der Waals surface area contributed by atoms with Crippen molar-refractivity contribution in [3.8, 4) is 11.8 Å². The van der Waals surface area contributed by atoms with Crippen LogP contribution in [-0.2, 0) is 0 Å². The number of ether oxygens (including phenoxy) is 1. The molecule has 0 aliphatic heterocycles. The van der Waals surface area contributed by atoms with E-state index in [9.17, 15) is 4.39 Å². The van der Waals surface area contributed by atoms with Gasteiger partial charge in [-0.2, -0.15) is 5.26 Å². The molecule has 0 fully saturated rings. The Morgan fingerprint density at radius 1 is 1.32 bits per heavy atom. The van der Waals surface area contributed by atoms with E-state index in [0.717, 1.165) is 0 Å². The van der Waals surface area contributed by atoms with Crippen molar-refractivity contribution < 1.29 is 9.13 Å². The third-order valence-electron chi connectivity index (χ3n) is 2.26. The minimum atomic E-state index is -0.342. The molecule has 1 heterocycles. The number of aromatic nitrogens is 2. The Kier molecular flexibility index (Phi) is 4.24. The van der Waals surface area contributed by atoms with Crippen LogP contribution in [0.4, 0.5) is 10.2 Å². The van der Waals surface area contributed by atoms with Crippen molar-refractivity contribution in [2.75, 3.05) is 18.5 Å². The molecule has 5 nitrogen and oxygen atoms in total. The van der Waals surface area contributed by atoms with Crippen LogP contribution in [0, 0.1) is 17.1 Å². The first kappa shape index (κ1) is 12.8. The van der Waals surface area contributed by atoms with Crippen LogP contribution in [0.25, 0.3) is 0 Å². The van der Waals surface area contributed by atoms with Gasteiger partial charge in [0.15, 0.2) is 11.5 Å². The third-order valence-corrected chi connectivity index (χ3v) is 2.26. The Morgan fingerprint density at radius 3 is 2.95 bits per heavy atom. The van der Waals surface area contributed by atoms with E-state index in [1.807, 2.05) is 6.07 Å². The number of nitriles is 1. The second kappa shape index (κ2) is 6.31. The molecule has 96 valence electrons. The molecule has 0 amide bonds. The normalized spacial score (nSPS) is 9.68. The van der Waals surface area contributed by atoms with Gasteiger partial charge in [0.2, 0.25) is 0 Å². The SMILES string of the molecule is N#Cc1nccnc1NCCOc1cccc(F)c1. The molecule has 0 spiro atoms. The van der Waals surface area contributed by atoms with E-state index >= 15 is 0 Å². The molecule has 0 atom stereocenters. The first-order valence-electron chi connectivity index (χ1n) is 5.63. The van der Waals surface area contributed by atoms with E-state index in [2.05, 4.69) is 15.3 Å². The summed E-state index contributed by atoms with van der Waals surface area (Å²) < 4.78 is 18.2. The van der Waals surface area contributed by atoms with Crippen LogP contribution >= 0.6 is 0 Å². The summed E-state index contributed by atoms with van der Waals surface area (Å²) in [5.74, 6) is 0.528. The Bertz CT molecular complexity index is 597. The number of halogens is 1. The van der Waals surface area contributed by atoms with E-state index in [4.69, 9.17) is 10.00 Å². The van der Waals surface area contributed by atoms with Crippen molar-refractivity contribution >= 4 is 5.82 Å². The van der Waals surface area contributed by atoms with E-state index in [-0.39, 0.29) is 11.5 Å². The third kappa shape index (κ3) is 3.64. The Balaban J connectivity index is 1.83. The highest BCUT2D eigenvalue weighted by atomic mass is 19.1. The quantitative estimate of drug-likeness (QED) is 0.830. The van der Waals surface area contributed by atoms with Crippen molar-refractivity contribution in [3.05, 3.63) is 48.2 Å². The number of hydrogen-bond donors (Lipinski definition) is 1. The van der Waals surface area contributed by atoms with Gasteiger partial charge in [0, 0.05) is 18.5 Å². The summed E-state index contributed by atoms with van der Waals surface area (Å²) in [5.41, 5.74) is 0.230. The molecule has 0 saturated carbocycles. The standard InChI is InChI=1S/C13H11FN4O/c14-10-2-1-3-11(8-10)19-7-6-18-13-12(9-15)16-4-5-17-13/h1-5,8H,6-7H2,(H,17,18). The minimum Gasteiger partial charge on any atom is -0.492 e.